The van der Waals surface area contributed by atoms with Crippen LogP contribution in [0.15, 0.2) is 24.3 Å². The van der Waals surface area contributed by atoms with Gasteiger partial charge in [0.25, 0.3) is 0 Å². The first kappa shape index (κ1) is 16.3. The van der Waals surface area contributed by atoms with Crippen LogP contribution >= 0.6 is 0 Å². The third-order valence-electron chi connectivity index (χ3n) is 5.63. The van der Waals surface area contributed by atoms with Crippen molar-refractivity contribution in [3.8, 4) is 0 Å². The normalized spacial score (nSPS) is 21.4. The number of hydrogen-bond acceptors (Lipinski definition) is 4. The van der Waals surface area contributed by atoms with Crippen LogP contribution in [0.3, 0.4) is 0 Å². The molecule has 25 heavy (non-hydrogen) atoms. The largest absolute Gasteiger partial charge is 0.480 e. The zero-order chi connectivity index (χ0) is 17.4. The van der Waals surface area contributed by atoms with E-state index in [1.165, 1.54) is 31.2 Å². The molecule has 2 aliphatic rings. The molecule has 2 aromatic rings. The van der Waals surface area contributed by atoms with Gasteiger partial charge >= 0.3 is 5.97 Å². The molecule has 1 aliphatic heterocycles. The Morgan fingerprint density at radius 2 is 1.92 bits per heavy atom. The van der Waals surface area contributed by atoms with E-state index in [2.05, 4.69) is 34.5 Å². The highest BCUT2D eigenvalue weighted by molar-refractivity contribution is 5.73. The van der Waals surface area contributed by atoms with Crippen molar-refractivity contribution in [1.29, 1.82) is 0 Å². The molecule has 0 amide bonds. The molecule has 0 bridgehead atoms. The maximum Gasteiger partial charge on any atom is 0.322 e. The maximum absolute atomic E-state index is 11.7. The minimum Gasteiger partial charge on any atom is -0.480 e. The molecule has 1 atom stereocenters. The van der Waals surface area contributed by atoms with Crippen LogP contribution in [0, 0.1) is 6.92 Å². The molecule has 0 spiro atoms. The van der Waals surface area contributed by atoms with Gasteiger partial charge in [-0.3, -0.25) is 9.69 Å². The molecule has 2 heterocycles. The lowest BCUT2D eigenvalue weighted by Gasteiger charge is -2.33. The fourth-order valence-corrected chi connectivity index (χ4v) is 4.15. The second kappa shape index (κ2) is 6.59. The monoisotopic (exact) mass is 340 g/mol. The van der Waals surface area contributed by atoms with E-state index in [1.54, 1.807) is 0 Å². The van der Waals surface area contributed by atoms with Crippen LogP contribution in [-0.4, -0.2) is 36.8 Å². The molecule has 1 aromatic heterocycles. The quantitative estimate of drug-likeness (QED) is 0.926. The molecule has 6 heteroatoms. The molecular weight excluding hydrogens is 316 g/mol. The summed E-state index contributed by atoms with van der Waals surface area (Å²) in [5.74, 6) is 1.54. The van der Waals surface area contributed by atoms with Crippen molar-refractivity contribution in [1.82, 2.24) is 19.7 Å². The lowest BCUT2D eigenvalue weighted by Crippen LogP contribution is -2.47. The van der Waals surface area contributed by atoms with Crippen LogP contribution in [0.4, 0.5) is 0 Å². The van der Waals surface area contributed by atoms with Gasteiger partial charge in [0.05, 0.1) is 13.1 Å². The first-order valence-corrected chi connectivity index (χ1v) is 9.06. The highest BCUT2D eigenvalue weighted by Crippen LogP contribution is 2.34. The highest BCUT2D eigenvalue weighted by Gasteiger charge is 2.33. The average molecular weight is 340 g/mol. The van der Waals surface area contributed by atoms with Gasteiger partial charge in [0.1, 0.15) is 17.7 Å². The Morgan fingerprint density at radius 3 is 2.60 bits per heavy atom. The molecule has 0 radical (unpaired) electrons. The van der Waals surface area contributed by atoms with Gasteiger partial charge in [0, 0.05) is 6.54 Å². The molecule has 1 aliphatic carbocycles. The van der Waals surface area contributed by atoms with Gasteiger partial charge in [0.15, 0.2) is 0 Å². The summed E-state index contributed by atoms with van der Waals surface area (Å²) >= 11 is 0. The number of benzene rings is 1. The summed E-state index contributed by atoms with van der Waals surface area (Å²) in [6.07, 6.45) is 5.25. The predicted molar refractivity (Wildman–Crippen MR) is 93.1 cm³/mol. The number of carboxylic acid groups (broad SMARTS) is 1. The number of aliphatic carboxylic acids is 1. The molecule has 1 unspecified atom stereocenters. The number of rotatable bonds is 4. The highest BCUT2D eigenvalue weighted by atomic mass is 16.4. The summed E-state index contributed by atoms with van der Waals surface area (Å²) in [5, 5.41) is 17.9. The van der Waals surface area contributed by atoms with E-state index in [1.807, 2.05) is 16.4 Å². The van der Waals surface area contributed by atoms with Gasteiger partial charge in [-0.05, 0) is 36.8 Å². The topological polar surface area (TPSA) is 71.2 Å². The van der Waals surface area contributed by atoms with E-state index in [0.29, 0.717) is 25.6 Å². The summed E-state index contributed by atoms with van der Waals surface area (Å²) in [6.45, 7) is 3.41. The van der Waals surface area contributed by atoms with Crippen molar-refractivity contribution in [2.45, 2.75) is 64.2 Å². The van der Waals surface area contributed by atoms with E-state index in [0.717, 1.165) is 17.2 Å². The second-order valence-electron chi connectivity index (χ2n) is 7.26. The molecule has 1 fully saturated rings. The van der Waals surface area contributed by atoms with Crippen LogP contribution in [0.5, 0.6) is 0 Å². The van der Waals surface area contributed by atoms with Crippen LogP contribution in [-0.2, 0) is 24.4 Å². The van der Waals surface area contributed by atoms with Gasteiger partial charge in [-0.25, -0.2) is 0 Å². The van der Waals surface area contributed by atoms with Crippen LogP contribution in [0.25, 0.3) is 0 Å². The summed E-state index contributed by atoms with van der Waals surface area (Å²) in [7, 11) is 0. The Balaban J connectivity index is 1.51. The number of nitrogens with zero attached hydrogens (tertiary/aromatic N) is 4. The lowest BCUT2D eigenvalue weighted by atomic mass is 9.96. The van der Waals surface area contributed by atoms with Crippen LogP contribution in [0.2, 0.25) is 0 Å². The van der Waals surface area contributed by atoms with Gasteiger partial charge in [-0.15, -0.1) is 10.2 Å². The lowest BCUT2D eigenvalue weighted by molar-refractivity contribution is -0.145. The third-order valence-corrected chi connectivity index (χ3v) is 5.63. The van der Waals surface area contributed by atoms with Crippen molar-refractivity contribution in [2.24, 2.45) is 0 Å². The number of aromatic nitrogens is 3. The van der Waals surface area contributed by atoms with E-state index in [9.17, 15) is 9.90 Å². The predicted octanol–water partition coefficient (Wildman–Crippen LogP) is 2.71. The molecular formula is C19H24N4O2. The summed E-state index contributed by atoms with van der Waals surface area (Å²) in [6, 6.07) is 8.20. The van der Waals surface area contributed by atoms with Gasteiger partial charge in [0.2, 0.25) is 0 Å². The molecule has 0 saturated heterocycles. The molecule has 4 rings (SSSR count). The van der Waals surface area contributed by atoms with Gasteiger partial charge in [-0.1, -0.05) is 37.1 Å². The standard InChI is InChI=1S/C19H24N4O2/c1-13-20-21-18-12-22(17(19(24)25)11-23(13)18)10-14-6-8-16(9-7-14)15-4-2-3-5-15/h6-9,15,17H,2-5,10-12H2,1H3,(H,24,25). The van der Waals surface area contributed by atoms with Crippen molar-refractivity contribution in [2.75, 3.05) is 0 Å². The van der Waals surface area contributed by atoms with Gasteiger partial charge in [-0.2, -0.15) is 0 Å². The molecule has 1 saturated carbocycles. The first-order chi connectivity index (χ1) is 12.1. The Morgan fingerprint density at radius 1 is 1.20 bits per heavy atom. The second-order valence-corrected chi connectivity index (χ2v) is 7.26. The summed E-state index contributed by atoms with van der Waals surface area (Å²) < 4.78 is 1.92. The van der Waals surface area contributed by atoms with Crippen molar-refractivity contribution in [3.63, 3.8) is 0 Å². The third kappa shape index (κ3) is 3.18. The zero-order valence-electron chi connectivity index (χ0n) is 14.6. The number of carboxylic acids is 1. The Kier molecular flexibility index (Phi) is 4.29. The molecule has 132 valence electrons. The van der Waals surface area contributed by atoms with Crippen LogP contribution in [0.1, 0.15) is 54.4 Å². The maximum atomic E-state index is 11.7. The van der Waals surface area contributed by atoms with Gasteiger partial charge < -0.3 is 9.67 Å². The number of aryl methyl sites for hydroxylation is 1. The van der Waals surface area contributed by atoms with Crippen molar-refractivity contribution < 1.29 is 9.90 Å². The van der Waals surface area contributed by atoms with E-state index in [4.69, 9.17) is 0 Å². The minimum absolute atomic E-state index is 0.406. The fraction of sp³-hybridized carbons (Fsp3) is 0.526. The number of carbonyl (C=O) groups is 1. The summed E-state index contributed by atoms with van der Waals surface area (Å²) in [4.78, 5) is 13.7. The zero-order valence-corrected chi connectivity index (χ0v) is 14.6. The average Bonchev–Trinajstić information content (AvgIpc) is 3.25. The van der Waals surface area contributed by atoms with Crippen molar-refractivity contribution >= 4 is 5.97 Å². The van der Waals surface area contributed by atoms with E-state index < -0.39 is 12.0 Å². The van der Waals surface area contributed by atoms with E-state index >= 15 is 0 Å². The summed E-state index contributed by atoms with van der Waals surface area (Å²) in [5.41, 5.74) is 2.57. The Bertz CT molecular complexity index is 762. The minimum atomic E-state index is -0.790. The van der Waals surface area contributed by atoms with E-state index in [-0.39, 0.29) is 0 Å². The fourth-order valence-electron chi connectivity index (χ4n) is 4.15. The smallest absolute Gasteiger partial charge is 0.322 e. The molecule has 1 N–H and O–H groups in total. The molecule has 6 nitrogen and oxygen atoms in total. The SMILES string of the molecule is Cc1nnc2n1CC(C(=O)O)N(Cc1ccc(C3CCCC3)cc1)C2. The Hall–Kier alpha value is -2.21. The van der Waals surface area contributed by atoms with Crippen LogP contribution < -0.4 is 0 Å². The number of fused-ring (bicyclic) bond motifs is 1. The first-order valence-electron chi connectivity index (χ1n) is 9.06. The Labute approximate surface area is 147 Å². The molecule has 1 aromatic carbocycles. The van der Waals surface area contributed by atoms with Crippen molar-refractivity contribution in [3.05, 3.63) is 47.0 Å². The number of hydrogen-bond donors (Lipinski definition) is 1.